The largest absolute Gasteiger partial charge is 0.497 e. The maximum atomic E-state index is 14.8. The van der Waals surface area contributed by atoms with Gasteiger partial charge in [-0.15, -0.1) is 0 Å². The molecule has 4 heterocycles. The van der Waals surface area contributed by atoms with Gasteiger partial charge >= 0.3 is 5.97 Å². The Balaban J connectivity index is 1.23. The van der Waals surface area contributed by atoms with Crippen molar-refractivity contribution in [1.82, 2.24) is 19.9 Å². The van der Waals surface area contributed by atoms with Crippen LogP contribution in [0.5, 0.6) is 11.5 Å². The van der Waals surface area contributed by atoms with Crippen LogP contribution in [0.1, 0.15) is 110 Å². The Labute approximate surface area is 329 Å². The lowest BCUT2D eigenvalue weighted by atomic mass is 9.87. The standard InChI is InChI=1S/C42H56N4O9S/c1-25(2)27(4)54-35(47)20-28-12-10-8-7-9-11-13-29-22-42(29,39(50)45-56(51,52)40(5)18-19-40)44-37(48)34-23-41(24-46(34)38(28)49)17-16-31-32-21-30(53-6)14-15-33(32)43-26(3)36(31)55-41/h11,13-15,21,25,27-29,34H,7-10,12,16-20,22-24H2,1-6H3,(H,44,48)(H,45,50)/b13-11-/t27-,28+,29+,34-,41+,42+/m0/s1. The third kappa shape index (κ3) is 7.61. The van der Waals surface area contributed by atoms with E-state index in [2.05, 4.69) is 10.0 Å². The van der Waals surface area contributed by atoms with E-state index in [0.29, 0.717) is 55.7 Å². The van der Waals surface area contributed by atoms with E-state index in [1.54, 1.807) is 14.0 Å². The minimum Gasteiger partial charge on any atom is -0.497 e. The molecule has 2 aliphatic carbocycles. The van der Waals surface area contributed by atoms with Crippen LogP contribution in [-0.4, -0.2) is 83.7 Å². The summed E-state index contributed by atoms with van der Waals surface area (Å²) in [6, 6.07) is 4.67. The Morgan fingerprint density at radius 2 is 1.88 bits per heavy atom. The summed E-state index contributed by atoms with van der Waals surface area (Å²) < 4.78 is 45.9. The number of ether oxygens (including phenoxy) is 3. The normalized spacial score (nSPS) is 29.8. The SMILES string of the molecule is COc1ccc2nc(C)c3c(c2c1)CC[C@]1(C[C@H]2C(=O)N[C@]4(C(=O)NS(=O)(=O)C5(C)CC5)C[C@H]4/C=C\CCCCC[C@H](CC(=O)O[C@@H](C)C(C)C)C(=O)N2C1)O3. The molecule has 2 N–H and O–H groups in total. The van der Waals surface area contributed by atoms with Crippen molar-refractivity contribution in [2.75, 3.05) is 13.7 Å². The maximum Gasteiger partial charge on any atom is 0.306 e. The number of allylic oxidation sites excluding steroid dienone is 1. The Morgan fingerprint density at radius 1 is 1.11 bits per heavy atom. The average Bonchev–Trinajstić information content (AvgIpc) is 4.04. The van der Waals surface area contributed by atoms with Gasteiger partial charge in [0.1, 0.15) is 34.8 Å². The van der Waals surface area contributed by atoms with Crippen molar-refractivity contribution in [1.29, 1.82) is 0 Å². The predicted octanol–water partition coefficient (Wildman–Crippen LogP) is 5.20. The molecule has 3 amide bonds. The van der Waals surface area contributed by atoms with Gasteiger partial charge in [-0.05, 0) is 96.3 Å². The predicted molar refractivity (Wildman–Crippen MR) is 209 cm³/mol. The molecule has 304 valence electrons. The van der Waals surface area contributed by atoms with Crippen LogP contribution in [-0.2, 0) is 40.4 Å². The molecule has 14 heteroatoms. The molecular formula is C42H56N4O9S. The van der Waals surface area contributed by atoms with E-state index in [4.69, 9.17) is 19.2 Å². The highest BCUT2D eigenvalue weighted by molar-refractivity contribution is 7.91. The van der Waals surface area contributed by atoms with E-state index >= 15 is 0 Å². The van der Waals surface area contributed by atoms with Gasteiger partial charge in [-0.3, -0.25) is 23.9 Å². The van der Waals surface area contributed by atoms with Crippen molar-refractivity contribution in [2.45, 2.75) is 140 Å². The summed E-state index contributed by atoms with van der Waals surface area (Å²) in [6.45, 7) is 9.34. The summed E-state index contributed by atoms with van der Waals surface area (Å²) in [5.41, 5.74) is 0.0161. The second-order valence-electron chi connectivity index (χ2n) is 17.4. The molecule has 7 rings (SSSR count). The molecule has 1 spiro atoms. The molecule has 1 aromatic carbocycles. The molecular weight excluding hydrogens is 737 g/mol. The number of methoxy groups -OCH3 is 1. The topological polar surface area (TPSA) is 170 Å². The number of amides is 3. The second kappa shape index (κ2) is 14.9. The van der Waals surface area contributed by atoms with Crippen LogP contribution in [0.3, 0.4) is 0 Å². The number of esters is 1. The summed E-state index contributed by atoms with van der Waals surface area (Å²) in [7, 11) is -2.37. The maximum absolute atomic E-state index is 14.8. The Kier molecular flexibility index (Phi) is 10.7. The third-order valence-electron chi connectivity index (χ3n) is 13.0. The molecule has 6 atom stereocenters. The van der Waals surface area contributed by atoms with Gasteiger partial charge in [0.25, 0.3) is 5.91 Å². The number of nitrogens with one attached hydrogen (secondary N) is 2. The summed E-state index contributed by atoms with van der Waals surface area (Å²) in [5.74, 6) is -1.89. The van der Waals surface area contributed by atoms with Crippen molar-refractivity contribution in [3.63, 3.8) is 0 Å². The Morgan fingerprint density at radius 3 is 2.59 bits per heavy atom. The third-order valence-corrected chi connectivity index (χ3v) is 15.1. The first-order valence-corrected chi connectivity index (χ1v) is 21.7. The molecule has 3 fully saturated rings. The molecule has 1 saturated heterocycles. The van der Waals surface area contributed by atoms with Crippen LogP contribution < -0.4 is 19.5 Å². The van der Waals surface area contributed by atoms with Crippen LogP contribution in [0, 0.1) is 24.7 Å². The number of benzene rings is 1. The first kappa shape index (κ1) is 40.0. The minimum atomic E-state index is -3.98. The number of hydrogen-bond acceptors (Lipinski definition) is 10. The van der Waals surface area contributed by atoms with Gasteiger partial charge in [-0.2, -0.15) is 0 Å². The van der Waals surface area contributed by atoms with Crippen molar-refractivity contribution in [2.24, 2.45) is 17.8 Å². The quantitative estimate of drug-likeness (QED) is 0.268. The fourth-order valence-electron chi connectivity index (χ4n) is 8.52. The number of nitrogens with zero attached hydrogens (tertiary/aromatic N) is 2. The summed E-state index contributed by atoms with van der Waals surface area (Å²) in [6.07, 6.45) is 9.28. The highest BCUT2D eigenvalue weighted by Crippen LogP contribution is 2.49. The fraction of sp³-hybridized carbons (Fsp3) is 0.643. The van der Waals surface area contributed by atoms with Crippen molar-refractivity contribution < 1.29 is 41.8 Å². The molecule has 0 radical (unpaired) electrons. The van der Waals surface area contributed by atoms with Crippen LogP contribution in [0.2, 0.25) is 0 Å². The average molecular weight is 793 g/mol. The number of pyridine rings is 1. The first-order valence-electron chi connectivity index (χ1n) is 20.2. The van der Waals surface area contributed by atoms with Crippen molar-refractivity contribution in [3.8, 4) is 11.5 Å². The molecule has 0 unspecified atom stereocenters. The van der Waals surface area contributed by atoms with Gasteiger partial charge in [0.05, 0.1) is 36.0 Å². The number of carbonyl (C=O) groups is 4. The monoisotopic (exact) mass is 792 g/mol. The summed E-state index contributed by atoms with van der Waals surface area (Å²) in [4.78, 5) is 63.2. The molecule has 5 aliphatic rings. The van der Waals surface area contributed by atoms with E-state index in [9.17, 15) is 27.6 Å². The van der Waals surface area contributed by atoms with Gasteiger partial charge in [-0.25, -0.2) is 13.4 Å². The molecule has 0 bridgehead atoms. The first-order chi connectivity index (χ1) is 26.5. The summed E-state index contributed by atoms with van der Waals surface area (Å²) >= 11 is 0. The zero-order valence-corrected chi connectivity index (χ0v) is 34.3. The van der Waals surface area contributed by atoms with Gasteiger partial charge in [0.15, 0.2) is 0 Å². The molecule has 1 aromatic heterocycles. The number of hydrogen-bond donors (Lipinski definition) is 2. The number of sulfonamides is 1. The Bertz CT molecular complexity index is 2060. The van der Waals surface area contributed by atoms with E-state index in [0.717, 1.165) is 35.7 Å². The van der Waals surface area contributed by atoms with Crippen LogP contribution >= 0.6 is 0 Å². The highest BCUT2D eigenvalue weighted by Gasteiger charge is 2.64. The number of rotatable bonds is 8. The van der Waals surface area contributed by atoms with Gasteiger partial charge in [0, 0.05) is 29.2 Å². The van der Waals surface area contributed by atoms with Gasteiger partial charge < -0.3 is 24.4 Å². The molecule has 2 aromatic rings. The molecule has 13 nitrogen and oxygen atoms in total. The Hall–Kier alpha value is -4.20. The fourth-order valence-corrected chi connectivity index (χ4v) is 9.83. The molecule has 56 heavy (non-hydrogen) atoms. The van der Waals surface area contributed by atoms with Gasteiger partial charge in [-0.1, -0.05) is 38.8 Å². The highest BCUT2D eigenvalue weighted by atomic mass is 32.2. The second-order valence-corrected chi connectivity index (χ2v) is 19.6. The van der Waals surface area contributed by atoms with Gasteiger partial charge in [0.2, 0.25) is 21.8 Å². The lowest BCUT2D eigenvalue weighted by molar-refractivity contribution is -0.155. The van der Waals surface area contributed by atoms with E-state index < -0.39 is 61.6 Å². The van der Waals surface area contributed by atoms with Crippen LogP contribution in [0.15, 0.2) is 30.4 Å². The smallest absolute Gasteiger partial charge is 0.306 e. The lowest BCUT2D eigenvalue weighted by Gasteiger charge is -2.36. The van der Waals surface area contributed by atoms with E-state index in [1.165, 1.54) is 4.90 Å². The summed E-state index contributed by atoms with van der Waals surface area (Å²) in [5, 5.41) is 3.88. The van der Waals surface area contributed by atoms with E-state index in [1.807, 2.05) is 58.0 Å². The van der Waals surface area contributed by atoms with Crippen LogP contribution in [0.25, 0.3) is 10.9 Å². The zero-order chi connectivity index (χ0) is 40.2. The molecule has 2 saturated carbocycles. The number of aromatic nitrogens is 1. The lowest BCUT2D eigenvalue weighted by Crippen LogP contribution is -2.57. The number of fused-ring (bicyclic) bond motifs is 5. The van der Waals surface area contributed by atoms with Crippen molar-refractivity contribution in [3.05, 3.63) is 41.6 Å². The van der Waals surface area contributed by atoms with E-state index in [-0.39, 0.29) is 43.7 Å². The zero-order valence-electron chi connectivity index (χ0n) is 33.4. The minimum absolute atomic E-state index is 0.0855. The number of aryl methyl sites for hydroxylation is 2. The number of carbonyl (C=O) groups excluding carboxylic acids is 4. The van der Waals surface area contributed by atoms with Crippen molar-refractivity contribution >= 4 is 44.6 Å². The van der Waals surface area contributed by atoms with Crippen LogP contribution in [0.4, 0.5) is 0 Å². The molecule has 3 aliphatic heterocycles.